The summed E-state index contributed by atoms with van der Waals surface area (Å²) < 4.78 is 2.05. The van der Waals surface area contributed by atoms with Crippen molar-refractivity contribution in [3.05, 3.63) is 83.9 Å². The third-order valence-corrected chi connectivity index (χ3v) is 5.11. The van der Waals surface area contributed by atoms with E-state index in [0.29, 0.717) is 0 Å². The summed E-state index contributed by atoms with van der Waals surface area (Å²) in [5.41, 5.74) is 4.04. The molecule has 0 saturated carbocycles. The van der Waals surface area contributed by atoms with Crippen LogP contribution in [0, 0.1) is 6.92 Å². The van der Waals surface area contributed by atoms with Crippen LogP contribution in [0.3, 0.4) is 0 Å². The van der Waals surface area contributed by atoms with Crippen LogP contribution >= 0.6 is 0 Å². The number of nitrogens with zero attached hydrogens (tertiary/aromatic N) is 4. The summed E-state index contributed by atoms with van der Waals surface area (Å²) in [6.45, 7) is 6.15. The zero-order valence-corrected chi connectivity index (χ0v) is 15.6. The van der Waals surface area contributed by atoms with Crippen LogP contribution in [-0.2, 0) is 6.54 Å². The Morgan fingerprint density at radius 3 is 2.48 bits per heavy atom. The number of hydrogen-bond acceptors (Lipinski definition) is 3. The fourth-order valence-corrected chi connectivity index (χ4v) is 3.53. The van der Waals surface area contributed by atoms with Crippen LogP contribution < -0.4 is 0 Å². The molecule has 138 valence electrons. The lowest BCUT2D eigenvalue weighted by atomic mass is 10.1. The van der Waals surface area contributed by atoms with Gasteiger partial charge in [-0.05, 0) is 48.9 Å². The minimum Gasteiger partial charge on any atom is -0.336 e. The molecular formula is C22H24N4O. The molecule has 4 rings (SSSR count). The van der Waals surface area contributed by atoms with Crippen LogP contribution in [0.15, 0.2) is 67.1 Å². The number of benzene rings is 1. The first-order valence-electron chi connectivity index (χ1n) is 9.36. The van der Waals surface area contributed by atoms with Crippen molar-refractivity contribution in [2.45, 2.75) is 13.5 Å². The largest absolute Gasteiger partial charge is 0.336 e. The number of rotatable bonds is 4. The first kappa shape index (κ1) is 17.5. The van der Waals surface area contributed by atoms with Crippen LogP contribution in [0.5, 0.6) is 0 Å². The molecule has 1 saturated heterocycles. The van der Waals surface area contributed by atoms with Gasteiger partial charge in [0.25, 0.3) is 5.91 Å². The number of aromatic nitrogens is 2. The molecule has 0 spiro atoms. The Labute approximate surface area is 159 Å². The molecule has 1 aromatic carbocycles. The van der Waals surface area contributed by atoms with Gasteiger partial charge in [-0.25, -0.2) is 0 Å². The molecule has 1 amide bonds. The minimum atomic E-state index is 0.112. The Morgan fingerprint density at radius 1 is 1.00 bits per heavy atom. The lowest BCUT2D eigenvalue weighted by Crippen LogP contribution is -2.48. The van der Waals surface area contributed by atoms with Gasteiger partial charge in [0, 0.05) is 62.6 Å². The molecule has 27 heavy (non-hydrogen) atoms. The molecule has 0 N–H and O–H groups in total. The SMILES string of the molecule is Cc1ccc(C(=O)N2CCN(Cc3ccccn3)CC2)cc1-n1cccc1. The van der Waals surface area contributed by atoms with Crippen molar-refractivity contribution in [3.63, 3.8) is 0 Å². The van der Waals surface area contributed by atoms with E-state index in [4.69, 9.17) is 0 Å². The standard InChI is InChI=1S/C22H24N4O/c1-18-7-8-19(16-21(18)25-10-4-5-11-25)22(27)26-14-12-24(13-15-26)17-20-6-2-3-9-23-20/h2-11,16H,12-15,17H2,1H3. The van der Waals surface area contributed by atoms with Gasteiger partial charge in [0.15, 0.2) is 0 Å². The molecule has 0 unspecified atom stereocenters. The lowest BCUT2D eigenvalue weighted by molar-refractivity contribution is 0.0627. The van der Waals surface area contributed by atoms with E-state index in [0.717, 1.165) is 55.2 Å². The van der Waals surface area contributed by atoms with E-state index in [2.05, 4.69) is 21.4 Å². The molecule has 3 aromatic rings. The first-order chi connectivity index (χ1) is 13.2. The number of carbonyl (C=O) groups excluding carboxylic acids is 1. The van der Waals surface area contributed by atoms with E-state index in [1.807, 2.05) is 72.0 Å². The van der Waals surface area contributed by atoms with E-state index >= 15 is 0 Å². The second-order valence-electron chi connectivity index (χ2n) is 6.98. The van der Waals surface area contributed by atoms with Crippen molar-refractivity contribution in [1.29, 1.82) is 0 Å². The van der Waals surface area contributed by atoms with Gasteiger partial charge in [-0.2, -0.15) is 0 Å². The Hall–Kier alpha value is -2.92. The minimum absolute atomic E-state index is 0.112. The van der Waals surface area contributed by atoms with E-state index < -0.39 is 0 Å². The van der Waals surface area contributed by atoms with Crippen molar-refractivity contribution in [1.82, 2.24) is 19.4 Å². The predicted molar refractivity (Wildman–Crippen MR) is 106 cm³/mol. The Bertz CT molecular complexity index is 897. The summed E-state index contributed by atoms with van der Waals surface area (Å²) in [4.78, 5) is 21.7. The quantitative estimate of drug-likeness (QED) is 0.718. The van der Waals surface area contributed by atoms with Crippen LogP contribution in [-0.4, -0.2) is 51.4 Å². The molecule has 0 aliphatic carbocycles. The maximum absolute atomic E-state index is 13.0. The van der Waals surface area contributed by atoms with Gasteiger partial charge in [-0.3, -0.25) is 14.7 Å². The van der Waals surface area contributed by atoms with Crippen molar-refractivity contribution in [2.75, 3.05) is 26.2 Å². The molecule has 1 aliphatic heterocycles. The van der Waals surface area contributed by atoms with Crippen LogP contribution in [0.25, 0.3) is 5.69 Å². The Kier molecular flexibility index (Phi) is 5.03. The van der Waals surface area contributed by atoms with E-state index in [-0.39, 0.29) is 5.91 Å². The van der Waals surface area contributed by atoms with Crippen molar-refractivity contribution in [2.24, 2.45) is 0 Å². The summed E-state index contributed by atoms with van der Waals surface area (Å²) in [7, 11) is 0. The van der Waals surface area contributed by atoms with Gasteiger partial charge in [0.1, 0.15) is 0 Å². The van der Waals surface area contributed by atoms with Gasteiger partial charge in [-0.15, -0.1) is 0 Å². The average molecular weight is 360 g/mol. The van der Waals surface area contributed by atoms with Gasteiger partial charge in [-0.1, -0.05) is 12.1 Å². The van der Waals surface area contributed by atoms with E-state index in [9.17, 15) is 4.79 Å². The van der Waals surface area contributed by atoms with E-state index in [1.54, 1.807) is 0 Å². The van der Waals surface area contributed by atoms with E-state index in [1.165, 1.54) is 0 Å². The molecular weight excluding hydrogens is 336 g/mol. The van der Waals surface area contributed by atoms with Crippen LogP contribution in [0.1, 0.15) is 21.6 Å². The fraction of sp³-hybridized carbons (Fsp3) is 0.273. The highest BCUT2D eigenvalue weighted by molar-refractivity contribution is 5.95. The number of piperazine rings is 1. The summed E-state index contributed by atoms with van der Waals surface area (Å²) in [5, 5.41) is 0. The van der Waals surface area contributed by atoms with Gasteiger partial charge in [0.2, 0.25) is 0 Å². The highest BCUT2D eigenvalue weighted by atomic mass is 16.2. The number of aryl methyl sites for hydroxylation is 1. The van der Waals surface area contributed by atoms with Crippen molar-refractivity contribution >= 4 is 5.91 Å². The smallest absolute Gasteiger partial charge is 0.254 e. The normalized spacial score (nSPS) is 15.1. The Morgan fingerprint density at radius 2 is 1.78 bits per heavy atom. The monoisotopic (exact) mass is 360 g/mol. The maximum atomic E-state index is 13.0. The van der Waals surface area contributed by atoms with Gasteiger partial charge < -0.3 is 9.47 Å². The van der Waals surface area contributed by atoms with Gasteiger partial charge >= 0.3 is 0 Å². The number of hydrogen-bond donors (Lipinski definition) is 0. The maximum Gasteiger partial charge on any atom is 0.254 e. The molecule has 0 radical (unpaired) electrons. The van der Waals surface area contributed by atoms with Crippen LogP contribution in [0.4, 0.5) is 0 Å². The first-order valence-corrected chi connectivity index (χ1v) is 9.36. The summed E-state index contributed by atoms with van der Waals surface area (Å²) in [5.74, 6) is 0.112. The highest BCUT2D eigenvalue weighted by Crippen LogP contribution is 2.18. The Balaban J connectivity index is 1.42. The number of carbonyl (C=O) groups is 1. The van der Waals surface area contributed by atoms with Crippen molar-refractivity contribution in [3.8, 4) is 5.69 Å². The third-order valence-electron chi connectivity index (χ3n) is 5.11. The second-order valence-corrected chi connectivity index (χ2v) is 6.98. The van der Waals surface area contributed by atoms with Gasteiger partial charge in [0.05, 0.1) is 5.69 Å². The second kappa shape index (κ2) is 7.76. The summed E-state index contributed by atoms with van der Waals surface area (Å²) in [6.07, 6.45) is 5.84. The predicted octanol–water partition coefficient (Wildman–Crippen LogP) is 3.14. The molecule has 0 atom stereocenters. The number of pyridine rings is 1. The summed E-state index contributed by atoms with van der Waals surface area (Å²) in [6, 6.07) is 15.9. The van der Waals surface area contributed by atoms with Crippen molar-refractivity contribution < 1.29 is 4.79 Å². The zero-order valence-electron chi connectivity index (χ0n) is 15.6. The average Bonchev–Trinajstić information content (AvgIpc) is 3.24. The molecule has 2 aromatic heterocycles. The molecule has 1 fully saturated rings. The topological polar surface area (TPSA) is 41.4 Å². The lowest BCUT2D eigenvalue weighted by Gasteiger charge is -2.34. The zero-order chi connectivity index (χ0) is 18.6. The third kappa shape index (κ3) is 3.93. The van der Waals surface area contributed by atoms with Crippen LogP contribution in [0.2, 0.25) is 0 Å². The number of amides is 1. The molecule has 3 heterocycles. The fourth-order valence-electron chi connectivity index (χ4n) is 3.53. The highest BCUT2D eigenvalue weighted by Gasteiger charge is 2.22. The molecule has 0 bridgehead atoms. The summed E-state index contributed by atoms with van der Waals surface area (Å²) >= 11 is 0. The molecule has 5 heteroatoms. The molecule has 5 nitrogen and oxygen atoms in total. The molecule has 1 aliphatic rings.